The van der Waals surface area contributed by atoms with Crippen LogP contribution in [0.3, 0.4) is 0 Å². The molecule has 2 aromatic rings. The highest BCUT2D eigenvalue weighted by atomic mass is 16.5. The number of aliphatic carboxylic acids is 1. The van der Waals surface area contributed by atoms with E-state index in [4.69, 9.17) is 9.84 Å². The number of nitrogens with one attached hydrogen (secondary N) is 2. The van der Waals surface area contributed by atoms with E-state index in [1.807, 2.05) is 43.3 Å². The molecule has 8 heteroatoms. The Kier molecular flexibility index (Phi) is 8.06. The number of rotatable bonds is 10. The molecule has 0 bridgehead atoms. The van der Waals surface area contributed by atoms with Crippen molar-refractivity contribution in [2.45, 2.75) is 57.2 Å². The van der Waals surface area contributed by atoms with Crippen LogP contribution in [-0.2, 0) is 14.3 Å². The van der Waals surface area contributed by atoms with Crippen LogP contribution in [0.2, 0.25) is 0 Å². The van der Waals surface area contributed by atoms with Crippen molar-refractivity contribution in [1.29, 1.82) is 0 Å². The summed E-state index contributed by atoms with van der Waals surface area (Å²) in [6, 6.07) is 14.2. The third kappa shape index (κ3) is 5.90. The molecule has 0 aliphatic heterocycles. The first kappa shape index (κ1) is 24.3. The largest absolute Gasteiger partial charge is 0.480 e. The first-order valence-corrected chi connectivity index (χ1v) is 11.1. The number of aliphatic hydroxyl groups is 1. The van der Waals surface area contributed by atoms with Crippen LogP contribution in [0.25, 0.3) is 11.1 Å². The zero-order valence-corrected chi connectivity index (χ0v) is 18.8. The summed E-state index contributed by atoms with van der Waals surface area (Å²) >= 11 is 0. The number of fused-ring (bicyclic) bond motifs is 3. The van der Waals surface area contributed by atoms with Gasteiger partial charge in [-0.05, 0) is 35.6 Å². The highest BCUT2D eigenvalue weighted by molar-refractivity contribution is 5.84. The predicted molar refractivity (Wildman–Crippen MR) is 123 cm³/mol. The summed E-state index contributed by atoms with van der Waals surface area (Å²) in [5.41, 5.74) is 4.48. The second-order valence-electron chi connectivity index (χ2n) is 8.28. The van der Waals surface area contributed by atoms with E-state index in [2.05, 4.69) is 22.8 Å². The summed E-state index contributed by atoms with van der Waals surface area (Å²) in [7, 11) is 0. The third-order valence-corrected chi connectivity index (χ3v) is 5.80. The number of ether oxygens (including phenoxy) is 1. The Hall–Kier alpha value is -3.39. The van der Waals surface area contributed by atoms with Crippen molar-refractivity contribution in [3.05, 3.63) is 59.7 Å². The maximum Gasteiger partial charge on any atom is 0.407 e. The van der Waals surface area contributed by atoms with E-state index in [1.54, 1.807) is 0 Å². The molecule has 0 saturated carbocycles. The predicted octanol–water partition coefficient (Wildman–Crippen LogP) is 3.03. The Morgan fingerprint density at radius 1 is 1.00 bits per heavy atom. The van der Waals surface area contributed by atoms with Crippen LogP contribution < -0.4 is 10.6 Å². The molecule has 0 spiro atoms. The summed E-state index contributed by atoms with van der Waals surface area (Å²) in [4.78, 5) is 36.0. The number of benzene rings is 2. The third-order valence-electron chi connectivity index (χ3n) is 5.80. The van der Waals surface area contributed by atoms with Crippen LogP contribution in [0.1, 0.15) is 50.2 Å². The SMILES string of the molecule is CCC[C@@H](CC(=O)N[C@H](C(=O)O)[C@@H](C)O)NC(=O)OCC1c2ccccc2-c2ccccc21. The Labute approximate surface area is 193 Å². The van der Waals surface area contributed by atoms with E-state index in [0.29, 0.717) is 12.8 Å². The van der Waals surface area contributed by atoms with Crippen molar-refractivity contribution in [3.8, 4) is 11.1 Å². The minimum absolute atomic E-state index is 0.0709. The molecule has 0 radical (unpaired) electrons. The molecule has 3 rings (SSSR count). The fourth-order valence-electron chi connectivity index (χ4n) is 4.23. The molecule has 4 N–H and O–H groups in total. The summed E-state index contributed by atoms with van der Waals surface area (Å²) in [6.07, 6.45) is -0.765. The molecule has 1 aliphatic carbocycles. The highest BCUT2D eigenvalue weighted by Gasteiger charge is 2.30. The number of hydrogen-bond acceptors (Lipinski definition) is 5. The second-order valence-corrected chi connectivity index (χ2v) is 8.28. The lowest BCUT2D eigenvalue weighted by atomic mass is 9.98. The van der Waals surface area contributed by atoms with E-state index in [9.17, 15) is 19.5 Å². The Balaban J connectivity index is 1.59. The monoisotopic (exact) mass is 454 g/mol. The summed E-state index contributed by atoms with van der Waals surface area (Å²) in [5, 5.41) is 23.7. The molecule has 3 atom stereocenters. The molecule has 0 aromatic heterocycles. The lowest BCUT2D eigenvalue weighted by Gasteiger charge is -2.21. The zero-order valence-electron chi connectivity index (χ0n) is 18.8. The number of carbonyl (C=O) groups is 3. The van der Waals surface area contributed by atoms with Crippen LogP contribution >= 0.6 is 0 Å². The van der Waals surface area contributed by atoms with Gasteiger partial charge < -0.3 is 25.6 Å². The number of carbonyl (C=O) groups excluding carboxylic acids is 2. The quantitative estimate of drug-likeness (QED) is 0.437. The molecule has 1 aliphatic rings. The van der Waals surface area contributed by atoms with E-state index in [0.717, 1.165) is 22.3 Å². The molecule has 33 heavy (non-hydrogen) atoms. The fraction of sp³-hybridized carbons (Fsp3) is 0.400. The highest BCUT2D eigenvalue weighted by Crippen LogP contribution is 2.44. The van der Waals surface area contributed by atoms with E-state index in [-0.39, 0.29) is 18.9 Å². The Bertz CT molecular complexity index is 960. The Morgan fingerprint density at radius 2 is 1.58 bits per heavy atom. The lowest BCUT2D eigenvalue weighted by molar-refractivity contribution is -0.144. The standard InChI is InChI=1S/C25H30N2O6/c1-3-8-16(13-22(29)27-23(15(2)28)24(30)31)26-25(32)33-14-21-19-11-6-4-9-17(19)18-10-5-7-12-20(18)21/h4-7,9-12,15-16,21,23,28H,3,8,13-14H2,1-2H3,(H,26,32)(H,27,29)(H,30,31)/t15-,16+,23+/m1/s1. The van der Waals surface area contributed by atoms with Gasteiger partial charge in [-0.3, -0.25) is 4.79 Å². The van der Waals surface area contributed by atoms with Crippen molar-refractivity contribution in [3.63, 3.8) is 0 Å². The molecule has 0 saturated heterocycles. The van der Waals surface area contributed by atoms with Crippen molar-refractivity contribution < 1.29 is 29.3 Å². The van der Waals surface area contributed by atoms with Crippen LogP contribution in [0.5, 0.6) is 0 Å². The van der Waals surface area contributed by atoms with Gasteiger partial charge in [-0.1, -0.05) is 61.9 Å². The lowest BCUT2D eigenvalue weighted by Crippen LogP contribution is -2.49. The van der Waals surface area contributed by atoms with E-state index in [1.165, 1.54) is 6.92 Å². The van der Waals surface area contributed by atoms with Crippen LogP contribution in [0.4, 0.5) is 4.79 Å². The number of hydrogen-bond donors (Lipinski definition) is 4. The first-order chi connectivity index (χ1) is 15.8. The smallest absolute Gasteiger partial charge is 0.407 e. The van der Waals surface area contributed by atoms with Crippen LogP contribution in [0, 0.1) is 0 Å². The molecule has 176 valence electrons. The topological polar surface area (TPSA) is 125 Å². The maximum absolute atomic E-state index is 12.5. The maximum atomic E-state index is 12.5. The first-order valence-electron chi connectivity index (χ1n) is 11.1. The molecule has 0 fully saturated rings. The summed E-state index contributed by atoms with van der Waals surface area (Å²) in [5.74, 6) is -1.96. The van der Waals surface area contributed by atoms with Crippen molar-refractivity contribution in [2.75, 3.05) is 6.61 Å². The van der Waals surface area contributed by atoms with Gasteiger partial charge >= 0.3 is 12.1 Å². The van der Waals surface area contributed by atoms with Crippen molar-refractivity contribution in [2.24, 2.45) is 0 Å². The number of amides is 2. The van der Waals surface area contributed by atoms with Crippen LogP contribution in [0.15, 0.2) is 48.5 Å². The normalized spacial score (nSPS) is 15.0. The van der Waals surface area contributed by atoms with Gasteiger partial charge in [-0.2, -0.15) is 0 Å². The van der Waals surface area contributed by atoms with E-state index >= 15 is 0 Å². The molecule has 2 amide bonds. The van der Waals surface area contributed by atoms with Gasteiger partial charge in [0.05, 0.1) is 6.10 Å². The molecular weight excluding hydrogens is 424 g/mol. The molecule has 8 nitrogen and oxygen atoms in total. The minimum Gasteiger partial charge on any atom is -0.480 e. The number of carboxylic acids is 1. The van der Waals surface area contributed by atoms with Gasteiger partial charge in [0, 0.05) is 18.4 Å². The molecule has 2 aromatic carbocycles. The number of alkyl carbamates (subject to hydrolysis) is 1. The zero-order chi connectivity index (χ0) is 24.0. The second kappa shape index (κ2) is 11.0. The average molecular weight is 455 g/mol. The fourth-order valence-corrected chi connectivity index (χ4v) is 4.23. The van der Waals surface area contributed by atoms with E-state index < -0.39 is 36.2 Å². The summed E-state index contributed by atoms with van der Waals surface area (Å²) < 4.78 is 5.54. The number of carboxylic acid groups (broad SMARTS) is 1. The van der Waals surface area contributed by atoms with Gasteiger partial charge in [0.25, 0.3) is 0 Å². The average Bonchev–Trinajstić information content (AvgIpc) is 3.09. The van der Waals surface area contributed by atoms with Gasteiger partial charge in [0.15, 0.2) is 6.04 Å². The van der Waals surface area contributed by atoms with Gasteiger partial charge in [-0.15, -0.1) is 0 Å². The Morgan fingerprint density at radius 3 is 2.09 bits per heavy atom. The molecule has 0 heterocycles. The molecular formula is C25H30N2O6. The summed E-state index contributed by atoms with van der Waals surface area (Å²) in [6.45, 7) is 3.37. The minimum atomic E-state index is -1.41. The van der Waals surface area contributed by atoms with Crippen LogP contribution in [-0.4, -0.2) is 53.0 Å². The molecule has 0 unspecified atom stereocenters. The van der Waals surface area contributed by atoms with Crippen molar-refractivity contribution >= 4 is 18.0 Å². The van der Waals surface area contributed by atoms with Crippen molar-refractivity contribution in [1.82, 2.24) is 10.6 Å². The van der Waals surface area contributed by atoms with Gasteiger partial charge in [0.1, 0.15) is 6.61 Å². The van der Waals surface area contributed by atoms with Gasteiger partial charge in [-0.25, -0.2) is 9.59 Å². The van der Waals surface area contributed by atoms with Gasteiger partial charge in [0.2, 0.25) is 5.91 Å². The number of aliphatic hydroxyl groups excluding tert-OH is 1.